The predicted molar refractivity (Wildman–Crippen MR) is 88.8 cm³/mol. The van der Waals surface area contributed by atoms with Crippen molar-refractivity contribution in [1.82, 2.24) is 15.2 Å². The Hall–Kier alpha value is -2.24. The number of nitrogens with zero attached hydrogens (tertiary/aromatic N) is 4. The van der Waals surface area contributed by atoms with Crippen LogP contribution in [0.15, 0.2) is 30.5 Å². The van der Waals surface area contributed by atoms with Gasteiger partial charge in [-0.25, -0.2) is 4.39 Å². The van der Waals surface area contributed by atoms with Crippen LogP contribution in [0.2, 0.25) is 0 Å². The van der Waals surface area contributed by atoms with Gasteiger partial charge in [0.15, 0.2) is 5.82 Å². The van der Waals surface area contributed by atoms with E-state index in [2.05, 4.69) is 32.3 Å². The van der Waals surface area contributed by atoms with E-state index in [0.29, 0.717) is 29.9 Å². The van der Waals surface area contributed by atoms with E-state index in [4.69, 9.17) is 0 Å². The minimum atomic E-state index is -0.218. The molecule has 1 aromatic carbocycles. The lowest BCUT2D eigenvalue weighted by atomic mass is 10.0. The normalized spacial score (nSPS) is 18.0. The van der Waals surface area contributed by atoms with E-state index in [9.17, 15) is 4.39 Å². The van der Waals surface area contributed by atoms with Gasteiger partial charge in [-0.3, -0.25) is 0 Å². The van der Waals surface area contributed by atoms with Gasteiger partial charge in [0.05, 0.1) is 6.20 Å². The van der Waals surface area contributed by atoms with Crippen molar-refractivity contribution in [2.45, 2.75) is 45.2 Å². The molecule has 0 bridgehead atoms. The molecule has 0 radical (unpaired) electrons. The lowest BCUT2D eigenvalue weighted by Gasteiger charge is -2.34. The molecular formula is C17H22FN5. The van der Waals surface area contributed by atoms with Crippen molar-refractivity contribution in [3.05, 3.63) is 41.8 Å². The van der Waals surface area contributed by atoms with Crippen LogP contribution in [0.4, 0.5) is 16.2 Å². The molecule has 1 unspecified atom stereocenters. The molecule has 3 rings (SSSR count). The highest BCUT2D eigenvalue weighted by Gasteiger charge is 2.23. The third-order valence-electron chi connectivity index (χ3n) is 4.32. The Labute approximate surface area is 136 Å². The molecule has 0 amide bonds. The first-order valence-electron chi connectivity index (χ1n) is 8.21. The van der Waals surface area contributed by atoms with Gasteiger partial charge in [-0.2, -0.15) is 10.1 Å². The highest BCUT2D eigenvalue weighted by atomic mass is 19.1. The molecule has 122 valence electrons. The van der Waals surface area contributed by atoms with Crippen molar-refractivity contribution in [2.75, 3.05) is 16.8 Å². The van der Waals surface area contributed by atoms with Crippen LogP contribution in [0.25, 0.3) is 0 Å². The van der Waals surface area contributed by atoms with Gasteiger partial charge in [0.2, 0.25) is 5.95 Å². The zero-order valence-corrected chi connectivity index (χ0v) is 13.4. The molecule has 23 heavy (non-hydrogen) atoms. The van der Waals surface area contributed by atoms with Gasteiger partial charge >= 0.3 is 0 Å². The molecular weight excluding hydrogens is 293 g/mol. The second-order valence-corrected chi connectivity index (χ2v) is 5.84. The van der Waals surface area contributed by atoms with E-state index < -0.39 is 0 Å². The Morgan fingerprint density at radius 1 is 1.30 bits per heavy atom. The van der Waals surface area contributed by atoms with Crippen molar-refractivity contribution in [3.8, 4) is 0 Å². The van der Waals surface area contributed by atoms with Crippen LogP contribution >= 0.6 is 0 Å². The van der Waals surface area contributed by atoms with E-state index in [0.717, 1.165) is 19.4 Å². The molecule has 0 spiro atoms. The van der Waals surface area contributed by atoms with Gasteiger partial charge in [0, 0.05) is 24.7 Å². The van der Waals surface area contributed by atoms with Crippen LogP contribution in [0.3, 0.4) is 0 Å². The van der Waals surface area contributed by atoms with Gasteiger partial charge < -0.3 is 10.2 Å². The summed E-state index contributed by atoms with van der Waals surface area (Å²) in [6, 6.07) is 7.20. The Morgan fingerprint density at radius 3 is 3.00 bits per heavy atom. The lowest BCUT2D eigenvalue weighted by Crippen LogP contribution is -2.40. The molecule has 2 aromatic rings. The van der Waals surface area contributed by atoms with Crippen molar-refractivity contribution >= 4 is 11.8 Å². The molecule has 1 aliphatic rings. The zero-order chi connectivity index (χ0) is 16.1. The quantitative estimate of drug-likeness (QED) is 0.916. The summed E-state index contributed by atoms with van der Waals surface area (Å²) >= 11 is 0. The van der Waals surface area contributed by atoms with Crippen LogP contribution in [0, 0.1) is 5.82 Å². The van der Waals surface area contributed by atoms with Crippen LogP contribution in [-0.4, -0.2) is 27.8 Å². The molecule has 1 fully saturated rings. The third kappa shape index (κ3) is 3.75. The summed E-state index contributed by atoms with van der Waals surface area (Å²) in [5.74, 6) is 1.07. The summed E-state index contributed by atoms with van der Waals surface area (Å²) in [6.45, 7) is 3.54. The maximum atomic E-state index is 13.7. The second-order valence-electron chi connectivity index (χ2n) is 5.84. The molecule has 2 heterocycles. The van der Waals surface area contributed by atoms with E-state index >= 15 is 0 Å². The smallest absolute Gasteiger partial charge is 0.247 e. The van der Waals surface area contributed by atoms with Crippen molar-refractivity contribution < 1.29 is 4.39 Å². The summed E-state index contributed by atoms with van der Waals surface area (Å²) in [6.07, 6.45) is 6.25. The predicted octanol–water partition coefficient (Wildman–Crippen LogP) is 3.39. The maximum absolute atomic E-state index is 13.7. The van der Waals surface area contributed by atoms with Crippen LogP contribution in [0.1, 0.15) is 38.2 Å². The van der Waals surface area contributed by atoms with Gasteiger partial charge in [-0.1, -0.05) is 25.1 Å². The Kier molecular flexibility index (Phi) is 5.00. The topological polar surface area (TPSA) is 53.9 Å². The standard InChI is InChI=1S/C17H22FN5/c1-2-14-8-5-6-10-23(14)17-21-16(12-20-22-17)19-11-13-7-3-4-9-15(13)18/h3-4,7,9,12,14H,2,5-6,8,10-11H2,1H3,(H,19,21,22). The molecule has 6 heteroatoms. The monoisotopic (exact) mass is 315 g/mol. The van der Waals surface area contributed by atoms with Crippen LogP contribution in [-0.2, 0) is 6.54 Å². The number of aromatic nitrogens is 3. The number of rotatable bonds is 5. The Morgan fingerprint density at radius 2 is 2.17 bits per heavy atom. The summed E-state index contributed by atoms with van der Waals surface area (Å²) in [7, 11) is 0. The summed E-state index contributed by atoms with van der Waals surface area (Å²) in [5.41, 5.74) is 0.608. The Balaban J connectivity index is 1.71. The Bertz CT molecular complexity index is 648. The highest BCUT2D eigenvalue weighted by molar-refractivity contribution is 5.40. The first-order chi connectivity index (χ1) is 11.3. The van der Waals surface area contributed by atoms with E-state index in [-0.39, 0.29) is 5.82 Å². The minimum absolute atomic E-state index is 0.218. The largest absolute Gasteiger partial charge is 0.364 e. The second kappa shape index (κ2) is 7.35. The number of anilines is 2. The lowest BCUT2D eigenvalue weighted by molar-refractivity contribution is 0.441. The fourth-order valence-electron chi connectivity index (χ4n) is 3.02. The average molecular weight is 315 g/mol. The average Bonchev–Trinajstić information content (AvgIpc) is 2.61. The zero-order valence-electron chi connectivity index (χ0n) is 13.4. The summed E-state index contributed by atoms with van der Waals surface area (Å²) < 4.78 is 13.7. The first-order valence-corrected chi connectivity index (χ1v) is 8.21. The number of hydrogen-bond donors (Lipinski definition) is 1. The molecule has 1 N–H and O–H groups in total. The molecule has 0 saturated carbocycles. The van der Waals surface area contributed by atoms with Crippen molar-refractivity contribution in [2.24, 2.45) is 0 Å². The maximum Gasteiger partial charge on any atom is 0.247 e. The van der Waals surface area contributed by atoms with E-state index in [1.165, 1.54) is 18.9 Å². The highest BCUT2D eigenvalue weighted by Crippen LogP contribution is 2.24. The SMILES string of the molecule is CCC1CCCCN1c1nncc(NCc2ccccc2F)n1. The van der Waals surface area contributed by atoms with E-state index in [1.54, 1.807) is 18.3 Å². The molecule has 1 saturated heterocycles. The number of benzene rings is 1. The molecule has 1 atom stereocenters. The molecule has 1 aromatic heterocycles. The number of piperidine rings is 1. The van der Waals surface area contributed by atoms with Gasteiger partial charge in [0.1, 0.15) is 5.82 Å². The van der Waals surface area contributed by atoms with Crippen molar-refractivity contribution in [1.29, 1.82) is 0 Å². The molecule has 0 aliphatic carbocycles. The minimum Gasteiger partial charge on any atom is -0.364 e. The number of halogens is 1. The fourth-order valence-corrected chi connectivity index (χ4v) is 3.02. The molecule has 5 nitrogen and oxygen atoms in total. The first kappa shape index (κ1) is 15.6. The van der Waals surface area contributed by atoms with Gasteiger partial charge in [0.25, 0.3) is 0 Å². The molecule has 1 aliphatic heterocycles. The van der Waals surface area contributed by atoms with E-state index in [1.807, 2.05) is 6.07 Å². The summed E-state index contributed by atoms with van der Waals surface area (Å²) in [4.78, 5) is 6.80. The van der Waals surface area contributed by atoms with Gasteiger partial charge in [-0.15, -0.1) is 5.10 Å². The number of hydrogen-bond acceptors (Lipinski definition) is 5. The van der Waals surface area contributed by atoms with Gasteiger partial charge in [-0.05, 0) is 31.7 Å². The van der Waals surface area contributed by atoms with Crippen LogP contribution < -0.4 is 10.2 Å². The van der Waals surface area contributed by atoms with Crippen molar-refractivity contribution in [3.63, 3.8) is 0 Å². The van der Waals surface area contributed by atoms with Crippen LogP contribution in [0.5, 0.6) is 0 Å². The third-order valence-corrected chi connectivity index (χ3v) is 4.32. The fraction of sp³-hybridized carbons (Fsp3) is 0.471. The summed E-state index contributed by atoms with van der Waals surface area (Å²) in [5, 5.41) is 11.4. The number of nitrogens with one attached hydrogen (secondary N) is 1.